The highest BCUT2D eigenvalue weighted by molar-refractivity contribution is 5.83. The maximum Gasteiger partial charge on any atom is 0.230 e. The van der Waals surface area contributed by atoms with E-state index in [1.807, 2.05) is 36.9 Å². The van der Waals surface area contributed by atoms with E-state index in [0.29, 0.717) is 6.54 Å². The Bertz CT molecular complexity index is 426. The molecule has 104 valence electrons. The van der Waals surface area contributed by atoms with Crippen molar-refractivity contribution < 1.29 is 4.79 Å². The maximum atomic E-state index is 12.8. The van der Waals surface area contributed by atoms with Crippen molar-refractivity contribution in [2.75, 3.05) is 13.1 Å². The van der Waals surface area contributed by atoms with Crippen molar-refractivity contribution in [3.63, 3.8) is 0 Å². The maximum absolute atomic E-state index is 12.8. The van der Waals surface area contributed by atoms with Gasteiger partial charge in [0.2, 0.25) is 5.91 Å². The summed E-state index contributed by atoms with van der Waals surface area (Å²) >= 11 is 0. The third-order valence-electron chi connectivity index (χ3n) is 4.45. The summed E-state index contributed by atoms with van der Waals surface area (Å²) in [4.78, 5) is 14.8. The van der Waals surface area contributed by atoms with E-state index in [4.69, 9.17) is 5.73 Å². The third kappa shape index (κ3) is 2.66. The SMILES string of the molecule is CCC(C)(CN)C(=O)N1CCCC1c1ccccc1. The van der Waals surface area contributed by atoms with Gasteiger partial charge < -0.3 is 10.6 Å². The summed E-state index contributed by atoms with van der Waals surface area (Å²) in [5, 5.41) is 0. The zero-order valence-electron chi connectivity index (χ0n) is 11.9. The van der Waals surface area contributed by atoms with Gasteiger partial charge in [-0.25, -0.2) is 0 Å². The van der Waals surface area contributed by atoms with E-state index < -0.39 is 5.41 Å². The molecule has 1 saturated heterocycles. The van der Waals surface area contributed by atoms with Crippen molar-refractivity contribution in [2.45, 2.75) is 39.2 Å². The highest BCUT2D eigenvalue weighted by Crippen LogP contribution is 2.36. The summed E-state index contributed by atoms with van der Waals surface area (Å²) in [6, 6.07) is 10.5. The van der Waals surface area contributed by atoms with Crippen LogP contribution in [0.1, 0.15) is 44.7 Å². The van der Waals surface area contributed by atoms with Gasteiger partial charge in [0.1, 0.15) is 0 Å². The van der Waals surface area contributed by atoms with Crippen LogP contribution in [0.4, 0.5) is 0 Å². The van der Waals surface area contributed by atoms with Gasteiger partial charge in [-0.05, 0) is 31.7 Å². The predicted octanol–water partition coefficient (Wildman–Crippen LogP) is 2.73. The molecular weight excluding hydrogens is 236 g/mol. The molecule has 19 heavy (non-hydrogen) atoms. The lowest BCUT2D eigenvalue weighted by molar-refractivity contribution is -0.142. The number of nitrogens with zero attached hydrogens (tertiary/aromatic N) is 1. The molecule has 1 fully saturated rings. The van der Waals surface area contributed by atoms with Crippen LogP contribution in [0.3, 0.4) is 0 Å². The van der Waals surface area contributed by atoms with E-state index in [1.54, 1.807) is 0 Å². The molecule has 1 aromatic carbocycles. The average molecular weight is 260 g/mol. The molecule has 2 atom stereocenters. The minimum atomic E-state index is -0.419. The average Bonchev–Trinajstić information content (AvgIpc) is 2.95. The van der Waals surface area contributed by atoms with Crippen LogP contribution < -0.4 is 5.73 Å². The van der Waals surface area contributed by atoms with E-state index in [9.17, 15) is 4.79 Å². The molecule has 0 aliphatic carbocycles. The number of carbonyl (C=O) groups is 1. The molecule has 0 spiro atoms. The smallest absolute Gasteiger partial charge is 0.230 e. The van der Waals surface area contributed by atoms with Crippen molar-refractivity contribution in [3.8, 4) is 0 Å². The summed E-state index contributed by atoms with van der Waals surface area (Å²) in [7, 11) is 0. The molecule has 3 nitrogen and oxygen atoms in total. The van der Waals surface area contributed by atoms with E-state index in [2.05, 4.69) is 12.1 Å². The summed E-state index contributed by atoms with van der Waals surface area (Å²) < 4.78 is 0. The molecule has 1 aliphatic rings. The number of hydrogen-bond acceptors (Lipinski definition) is 2. The molecule has 1 aromatic rings. The Kier molecular flexibility index (Phi) is 4.25. The van der Waals surface area contributed by atoms with Crippen LogP contribution in [0.25, 0.3) is 0 Å². The number of rotatable bonds is 4. The topological polar surface area (TPSA) is 46.3 Å². The Labute approximate surface area is 115 Å². The second-order valence-electron chi connectivity index (χ2n) is 5.69. The van der Waals surface area contributed by atoms with Crippen molar-refractivity contribution in [3.05, 3.63) is 35.9 Å². The molecule has 0 aromatic heterocycles. The summed E-state index contributed by atoms with van der Waals surface area (Å²) in [5.41, 5.74) is 6.64. The predicted molar refractivity (Wildman–Crippen MR) is 77.6 cm³/mol. The molecule has 1 heterocycles. The molecule has 1 aliphatic heterocycles. The Balaban J connectivity index is 2.22. The number of hydrogen-bond donors (Lipinski definition) is 1. The first kappa shape index (κ1) is 14.1. The fourth-order valence-electron chi connectivity index (χ4n) is 2.76. The third-order valence-corrected chi connectivity index (χ3v) is 4.45. The van der Waals surface area contributed by atoms with Crippen LogP contribution in [0.5, 0.6) is 0 Å². The molecule has 2 N–H and O–H groups in total. The number of amides is 1. The lowest BCUT2D eigenvalue weighted by Crippen LogP contribution is -2.45. The van der Waals surface area contributed by atoms with Gasteiger partial charge in [-0.3, -0.25) is 4.79 Å². The Hall–Kier alpha value is -1.35. The zero-order valence-corrected chi connectivity index (χ0v) is 11.9. The van der Waals surface area contributed by atoms with Crippen LogP contribution in [-0.2, 0) is 4.79 Å². The molecule has 0 radical (unpaired) electrons. The molecule has 1 amide bonds. The van der Waals surface area contributed by atoms with Crippen LogP contribution in [0.15, 0.2) is 30.3 Å². The van der Waals surface area contributed by atoms with E-state index in [-0.39, 0.29) is 11.9 Å². The Morgan fingerprint density at radius 3 is 2.68 bits per heavy atom. The molecule has 3 heteroatoms. The largest absolute Gasteiger partial charge is 0.335 e. The van der Waals surface area contributed by atoms with Crippen molar-refractivity contribution in [1.29, 1.82) is 0 Å². The van der Waals surface area contributed by atoms with Gasteiger partial charge in [0, 0.05) is 13.1 Å². The van der Waals surface area contributed by atoms with Gasteiger partial charge in [-0.2, -0.15) is 0 Å². The molecule has 0 saturated carbocycles. The molecule has 2 unspecified atom stereocenters. The van der Waals surface area contributed by atoms with Gasteiger partial charge in [0.25, 0.3) is 0 Å². The van der Waals surface area contributed by atoms with Gasteiger partial charge in [-0.1, -0.05) is 37.3 Å². The highest BCUT2D eigenvalue weighted by atomic mass is 16.2. The van der Waals surface area contributed by atoms with Crippen LogP contribution >= 0.6 is 0 Å². The van der Waals surface area contributed by atoms with E-state index in [1.165, 1.54) is 5.56 Å². The lowest BCUT2D eigenvalue weighted by atomic mass is 9.85. The first-order valence-corrected chi connectivity index (χ1v) is 7.18. The van der Waals surface area contributed by atoms with E-state index in [0.717, 1.165) is 25.8 Å². The van der Waals surface area contributed by atoms with Crippen molar-refractivity contribution in [1.82, 2.24) is 4.90 Å². The standard InChI is InChI=1S/C16H24N2O/c1-3-16(2,12-17)15(19)18-11-7-10-14(18)13-8-5-4-6-9-13/h4-6,8-9,14H,3,7,10-12,17H2,1-2H3. The van der Waals surface area contributed by atoms with Gasteiger partial charge >= 0.3 is 0 Å². The minimum Gasteiger partial charge on any atom is -0.335 e. The first-order valence-electron chi connectivity index (χ1n) is 7.18. The Morgan fingerprint density at radius 2 is 2.11 bits per heavy atom. The second-order valence-corrected chi connectivity index (χ2v) is 5.69. The van der Waals surface area contributed by atoms with E-state index >= 15 is 0 Å². The lowest BCUT2D eigenvalue weighted by Gasteiger charge is -2.34. The number of nitrogens with two attached hydrogens (primary N) is 1. The number of likely N-dealkylation sites (tertiary alicyclic amines) is 1. The van der Waals surface area contributed by atoms with Gasteiger partial charge in [0.15, 0.2) is 0 Å². The van der Waals surface area contributed by atoms with Crippen LogP contribution in [0, 0.1) is 5.41 Å². The summed E-state index contributed by atoms with van der Waals surface area (Å²) in [5.74, 6) is 0.212. The number of carbonyl (C=O) groups excluding carboxylic acids is 1. The fourth-order valence-corrected chi connectivity index (χ4v) is 2.76. The second kappa shape index (κ2) is 5.74. The monoisotopic (exact) mass is 260 g/mol. The Morgan fingerprint density at radius 1 is 1.42 bits per heavy atom. The zero-order chi connectivity index (χ0) is 13.9. The molecule has 2 rings (SSSR count). The highest BCUT2D eigenvalue weighted by Gasteiger charge is 2.39. The van der Waals surface area contributed by atoms with Crippen molar-refractivity contribution in [2.24, 2.45) is 11.1 Å². The molecule has 0 bridgehead atoms. The van der Waals surface area contributed by atoms with Crippen LogP contribution in [-0.4, -0.2) is 23.9 Å². The number of benzene rings is 1. The minimum absolute atomic E-state index is 0.212. The van der Waals surface area contributed by atoms with Gasteiger partial charge in [0.05, 0.1) is 11.5 Å². The normalized spacial score (nSPS) is 22.3. The fraction of sp³-hybridized carbons (Fsp3) is 0.562. The quantitative estimate of drug-likeness (QED) is 0.904. The summed E-state index contributed by atoms with van der Waals surface area (Å²) in [6.07, 6.45) is 2.93. The molecular formula is C16H24N2O. The van der Waals surface area contributed by atoms with Crippen molar-refractivity contribution >= 4 is 5.91 Å². The summed E-state index contributed by atoms with van der Waals surface area (Å²) in [6.45, 7) is 5.29. The first-order chi connectivity index (χ1) is 9.12. The van der Waals surface area contributed by atoms with Gasteiger partial charge in [-0.15, -0.1) is 0 Å². The van der Waals surface area contributed by atoms with Crippen LogP contribution in [0.2, 0.25) is 0 Å².